The third-order valence-electron chi connectivity index (χ3n) is 4.78. The summed E-state index contributed by atoms with van der Waals surface area (Å²) in [5, 5.41) is 35.3. The van der Waals surface area contributed by atoms with E-state index in [0.717, 1.165) is 11.1 Å². The van der Waals surface area contributed by atoms with Gasteiger partial charge in [-0.1, -0.05) is 48.5 Å². The number of rotatable bonds is 10. The molecule has 1 unspecified atom stereocenters. The Labute approximate surface area is 185 Å². The molecule has 164 valence electrons. The summed E-state index contributed by atoms with van der Waals surface area (Å²) in [7, 11) is 0. The van der Waals surface area contributed by atoms with Crippen molar-refractivity contribution in [3.63, 3.8) is 0 Å². The molecule has 0 aliphatic heterocycles. The predicted molar refractivity (Wildman–Crippen MR) is 117 cm³/mol. The van der Waals surface area contributed by atoms with Crippen LogP contribution in [0.2, 0.25) is 0 Å². The van der Waals surface area contributed by atoms with Gasteiger partial charge < -0.3 is 25.1 Å². The van der Waals surface area contributed by atoms with Crippen LogP contribution in [0.4, 0.5) is 4.39 Å². The molecule has 32 heavy (non-hydrogen) atoms. The molecule has 3 rings (SSSR count). The van der Waals surface area contributed by atoms with E-state index in [-0.39, 0.29) is 25.2 Å². The first kappa shape index (κ1) is 22.9. The summed E-state index contributed by atoms with van der Waals surface area (Å²) in [4.78, 5) is 0. The summed E-state index contributed by atoms with van der Waals surface area (Å²) in [6.07, 6.45) is -1.96. The fraction of sp³-hybridized carbons (Fsp3) is 0.200. The number of nitrogens with one attached hydrogen (secondary N) is 1. The molecule has 3 aromatic carbocycles. The minimum Gasteiger partial charge on any atom is -0.489 e. The molecule has 0 spiro atoms. The minimum atomic E-state index is -1.69. The second-order valence-corrected chi connectivity index (χ2v) is 7.15. The minimum absolute atomic E-state index is 0.0931. The van der Waals surface area contributed by atoms with Crippen LogP contribution in [-0.4, -0.2) is 28.8 Å². The van der Waals surface area contributed by atoms with E-state index in [9.17, 15) is 4.39 Å². The molecule has 1 atom stereocenters. The van der Waals surface area contributed by atoms with Crippen molar-refractivity contribution in [2.75, 3.05) is 6.61 Å². The fourth-order valence-corrected chi connectivity index (χ4v) is 3.07. The highest BCUT2D eigenvalue weighted by molar-refractivity contribution is 5.99. The van der Waals surface area contributed by atoms with E-state index in [1.54, 1.807) is 18.2 Å². The van der Waals surface area contributed by atoms with Crippen LogP contribution in [0.3, 0.4) is 0 Å². The van der Waals surface area contributed by atoms with Crippen LogP contribution >= 0.6 is 0 Å². The number of nitrogens with zero attached hydrogens (tertiary/aromatic N) is 1. The highest BCUT2D eigenvalue weighted by atomic mass is 19.1. The van der Waals surface area contributed by atoms with Gasteiger partial charge in [-0.3, -0.25) is 0 Å². The number of nitriles is 1. The van der Waals surface area contributed by atoms with Crippen LogP contribution in [0.25, 0.3) is 0 Å². The molecular formula is C25H23FN2O4. The molecule has 7 heteroatoms. The zero-order chi connectivity index (χ0) is 22.9. The van der Waals surface area contributed by atoms with E-state index < -0.39 is 18.0 Å². The lowest BCUT2D eigenvalue weighted by Gasteiger charge is -2.13. The van der Waals surface area contributed by atoms with Gasteiger partial charge in [-0.05, 0) is 29.3 Å². The molecule has 3 aromatic rings. The number of aliphatic hydroxyl groups is 2. The van der Waals surface area contributed by atoms with Gasteiger partial charge in [-0.25, -0.2) is 4.39 Å². The van der Waals surface area contributed by atoms with Crippen molar-refractivity contribution >= 4 is 5.71 Å². The summed E-state index contributed by atoms with van der Waals surface area (Å²) >= 11 is 0. The lowest BCUT2D eigenvalue weighted by Crippen LogP contribution is -2.11. The van der Waals surface area contributed by atoms with Crippen molar-refractivity contribution in [1.82, 2.24) is 0 Å². The van der Waals surface area contributed by atoms with Gasteiger partial charge in [0.05, 0.1) is 17.7 Å². The van der Waals surface area contributed by atoms with E-state index >= 15 is 0 Å². The summed E-state index contributed by atoms with van der Waals surface area (Å²) < 4.78 is 25.6. The van der Waals surface area contributed by atoms with Crippen molar-refractivity contribution in [2.24, 2.45) is 0 Å². The summed E-state index contributed by atoms with van der Waals surface area (Å²) in [5.74, 6) is -0.679. The van der Waals surface area contributed by atoms with E-state index in [0.29, 0.717) is 17.2 Å². The molecule has 0 fully saturated rings. The van der Waals surface area contributed by atoms with E-state index in [1.165, 1.54) is 12.1 Å². The molecule has 0 saturated heterocycles. The van der Waals surface area contributed by atoms with Gasteiger partial charge in [-0.2, -0.15) is 5.26 Å². The molecule has 0 heterocycles. The largest absolute Gasteiger partial charge is 0.489 e. The Hall–Kier alpha value is -3.73. The first-order valence-corrected chi connectivity index (χ1v) is 9.99. The molecule has 6 nitrogen and oxygen atoms in total. The highest BCUT2D eigenvalue weighted by Crippen LogP contribution is 2.27. The molecule has 0 amide bonds. The Morgan fingerprint density at radius 2 is 1.66 bits per heavy atom. The smallest absolute Gasteiger partial charge is 0.153 e. The van der Waals surface area contributed by atoms with Gasteiger partial charge in [0, 0.05) is 18.1 Å². The topological polar surface area (TPSA) is 107 Å². The number of halogens is 1. The van der Waals surface area contributed by atoms with Crippen LogP contribution in [0, 0.1) is 22.6 Å². The third-order valence-corrected chi connectivity index (χ3v) is 4.78. The monoisotopic (exact) mass is 434 g/mol. The second kappa shape index (κ2) is 11.0. The maximum absolute atomic E-state index is 14.4. The Morgan fingerprint density at radius 1 is 0.969 bits per heavy atom. The number of ether oxygens (including phenoxy) is 2. The standard InChI is InChI=1S/C25H23FN2O4/c26-23-13-21(10-11-22(23)19(14-27)12-25(29)30)31-15-17-6-8-20(9-7-17)32-16-24(28)18-4-2-1-3-5-18/h1-11,13,19,25,28-30H,12,15-16H2. The molecule has 0 aliphatic carbocycles. The molecule has 3 N–H and O–H groups in total. The summed E-state index contributed by atoms with van der Waals surface area (Å²) in [6.45, 7) is 0.360. The summed E-state index contributed by atoms with van der Waals surface area (Å²) in [5.41, 5.74) is 2.13. The number of aliphatic hydroxyl groups excluding tert-OH is 1. The molecule has 0 saturated carbocycles. The number of benzene rings is 3. The van der Waals surface area contributed by atoms with Gasteiger partial charge in [0.25, 0.3) is 0 Å². The SMILES string of the molecule is N#CC(CC(O)O)c1ccc(OCc2ccc(OCC(=N)c3ccccc3)cc2)cc1F. The Bertz CT molecular complexity index is 1080. The van der Waals surface area contributed by atoms with Gasteiger partial charge >= 0.3 is 0 Å². The van der Waals surface area contributed by atoms with E-state index in [1.807, 2.05) is 48.5 Å². The van der Waals surface area contributed by atoms with E-state index in [4.69, 9.17) is 30.4 Å². The first-order valence-electron chi connectivity index (χ1n) is 9.99. The predicted octanol–water partition coefficient (Wildman–Crippen LogP) is 4.16. The summed E-state index contributed by atoms with van der Waals surface area (Å²) in [6, 6.07) is 22.6. The van der Waals surface area contributed by atoms with Gasteiger partial charge in [0.2, 0.25) is 0 Å². The molecular weight excluding hydrogens is 411 g/mol. The first-order chi connectivity index (χ1) is 15.5. The van der Waals surface area contributed by atoms with Gasteiger partial charge in [0.1, 0.15) is 30.5 Å². The lowest BCUT2D eigenvalue weighted by atomic mass is 9.96. The molecule has 0 aromatic heterocycles. The van der Waals surface area contributed by atoms with Crippen molar-refractivity contribution in [2.45, 2.75) is 25.2 Å². The third kappa shape index (κ3) is 6.38. The van der Waals surface area contributed by atoms with Crippen LogP contribution in [0.5, 0.6) is 11.5 Å². The molecule has 0 bridgehead atoms. The van der Waals surface area contributed by atoms with Crippen LogP contribution in [0.1, 0.15) is 29.0 Å². The van der Waals surface area contributed by atoms with Crippen molar-refractivity contribution in [1.29, 1.82) is 10.7 Å². The quantitative estimate of drug-likeness (QED) is 0.328. The molecule has 0 aliphatic rings. The Kier molecular flexibility index (Phi) is 7.92. The van der Waals surface area contributed by atoms with Gasteiger partial charge in [-0.15, -0.1) is 0 Å². The zero-order valence-corrected chi connectivity index (χ0v) is 17.2. The van der Waals surface area contributed by atoms with Crippen molar-refractivity contribution in [3.8, 4) is 17.6 Å². The van der Waals surface area contributed by atoms with Crippen LogP contribution < -0.4 is 9.47 Å². The average Bonchev–Trinajstić information content (AvgIpc) is 2.81. The zero-order valence-electron chi connectivity index (χ0n) is 17.2. The van der Waals surface area contributed by atoms with Crippen LogP contribution in [-0.2, 0) is 6.61 Å². The van der Waals surface area contributed by atoms with Crippen molar-refractivity contribution < 1.29 is 24.1 Å². The number of hydrogen-bond acceptors (Lipinski definition) is 6. The van der Waals surface area contributed by atoms with Gasteiger partial charge in [0.15, 0.2) is 6.29 Å². The van der Waals surface area contributed by atoms with E-state index in [2.05, 4.69) is 0 Å². The maximum atomic E-state index is 14.4. The van der Waals surface area contributed by atoms with Crippen LogP contribution in [0.15, 0.2) is 72.8 Å². The average molecular weight is 434 g/mol. The maximum Gasteiger partial charge on any atom is 0.153 e. The van der Waals surface area contributed by atoms with Crippen molar-refractivity contribution in [3.05, 3.63) is 95.3 Å². The lowest BCUT2D eigenvalue weighted by molar-refractivity contribution is -0.0470. The highest BCUT2D eigenvalue weighted by Gasteiger charge is 2.19. The second-order valence-electron chi connectivity index (χ2n) is 7.15. The number of hydrogen-bond donors (Lipinski definition) is 3. The Morgan fingerprint density at radius 3 is 2.28 bits per heavy atom. The normalized spacial score (nSPS) is 11.6. The Balaban J connectivity index is 1.53. The molecule has 0 radical (unpaired) electrons. The fourth-order valence-electron chi connectivity index (χ4n) is 3.07.